The van der Waals surface area contributed by atoms with Crippen LogP contribution in [0.25, 0.3) is 0 Å². The van der Waals surface area contributed by atoms with E-state index in [9.17, 15) is 9.90 Å². The minimum atomic E-state index is -0.488. The molecule has 1 N–H and O–H groups in total. The smallest absolute Gasteiger partial charge is 0.235 e. The van der Waals surface area contributed by atoms with Gasteiger partial charge in [-0.3, -0.25) is 4.79 Å². The molecule has 0 heterocycles. The lowest BCUT2D eigenvalue weighted by Gasteiger charge is -2.22. The monoisotopic (exact) mass is 233 g/mol. The molecule has 2 rings (SSSR count). The molecule has 0 aromatic heterocycles. The van der Waals surface area contributed by atoms with Gasteiger partial charge in [-0.15, -0.1) is 0 Å². The number of carbonyl (C=O) groups excluding carboxylic acids is 1. The standard InChI is InChI=1S/C14H19NO2/c1-3-11-4-6-12(7-5-11)15(2)13(17)14(10-16)8-9-14/h4-7,16H,3,8-10H2,1-2H3. The summed E-state index contributed by atoms with van der Waals surface area (Å²) >= 11 is 0. The molecule has 1 saturated carbocycles. The quantitative estimate of drug-likeness (QED) is 0.864. The highest BCUT2D eigenvalue weighted by molar-refractivity contribution is 5.99. The van der Waals surface area contributed by atoms with Crippen molar-refractivity contribution in [1.82, 2.24) is 0 Å². The first-order valence-corrected chi connectivity index (χ1v) is 6.11. The molecule has 1 fully saturated rings. The van der Waals surface area contributed by atoms with E-state index in [0.717, 1.165) is 24.9 Å². The minimum Gasteiger partial charge on any atom is -0.395 e. The maximum absolute atomic E-state index is 12.2. The van der Waals surface area contributed by atoms with Gasteiger partial charge in [0.05, 0.1) is 12.0 Å². The van der Waals surface area contributed by atoms with Gasteiger partial charge in [0.2, 0.25) is 5.91 Å². The van der Waals surface area contributed by atoms with Gasteiger partial charge in [-0.05, 0) is 37.0 Å². The molecule has 1 amide bonds. The van der Waals surface area contributed by atoms with E-state index in [1.807, 2.05) is 24.3 Å². The van der Waals surface area contributed by atoms with Crippen LogP contribution >= 0.6 is 0 Å². The maximum atomic E-state index is 12.2. The molecule has 3 heteroatoms. The van der Waals surface area contributed by atoms with Crippen LogP contribution in [0.5, 0.6) is 0 Å². The Hall–Kier alpha value is -1.35. The van der Waals surface area contributed by atoms with Crippen molar-refractivity contribution in [2.45, 2.75) is 26.2 Å². The number of benzene rings is 1. The molecule has 0 saturated heterocycles. The highest BCUT2D eigenvalue weighted by atomic mass is 16.3. The number of hydrogen-bond acceptors (Lipinski definition) is 2. The highest BCUT2D eigenvalue weighted by Gasteiger charge is 2.50. The van der Waals surface area contributed by atoms with E-state index < -0.39 is 5.41 Å². The third-order valence-corrected chi connectivity index (χ3v) is 3.65. The number of aliphatic hydroxyl groups excluding tert-OH is 1. The van der Waals surface area contributed by atoms with Crippen molar-refractivity contribution in [1.29, 1.82) is 0 Å². The van der Waals surface area contributed by atoms with Crippen molar-refractivity contribution >= 4 is 11.6 Å². The molecule has 1 aliphatic rings. The van der Waals surface area contributed by atoms with Gasteiger partial charge < -0.3 is 10.0 Å². The summed E-state index contributed by atoms with van der Waals surface area (Å²) in [5.74, 6) is 0.0317. The molecule has 0 unspecified atom stereocenters. The first-order chi connectivity index (χ1) is 8.13. The first-order valence-electron chi connectivity index (χ1n) is 6.11. The van der Waals surface area contributed by atoms with Crippen LogP contribution in [0, 0.1) is 5.41 Å². The maximum Gasteiger partial charge on any atom is 0.235 e. The fourth-order valence-electron chi connectivity index (χ4n) is 2.02. The Morgan fingerprint density at radius 3 is 2.35 bits per heavy atom. The molecular weight excluding hydrogens is 214 g/mol. The van der Waals surface area contributed by atoms with Gasteiger partial charge in [0.15, 0.2) is 0 Å². The molecule has 1 aliphatic carbocycles. The van der Waals surface area contributed by atoms with Gasteiger partial charge in [0.25, 0.3) is 0 Å². The van der Waals surface area contributed by atoms with Gasteiger partial charge in [-0.2, -0.15) is 0 Å². The average molecular weight is 233 g/mol. The lowest BCUT2D eigenvalue weighted by atomic mass is 10.1. The van der Waals surface area contributed by atoms with Crippen LogP contribution in [0.4, 0.5) is 5.69 Å². The van der Waals surface area contributed by atoms with E-state index in [4.69, 9.17) is 0 Å². The Morgan fingerprint density at radius 2 is 1.94 bits per heavy atom. The zero-order valence-corrected chi connectivity index (χ0v) is 10.4. The predicted octanol–water partition coefficient (Wildman–Crippen LogP) is 1.98. The zero-order valence-electron chi connectivity index (χ0n) is 10.4. The molecule has 1 aromatic carbocycles. The van der Waals surface area contributed by atoms with Crippen molar-refractivity contribution in [2.24, 2.45) is 5.41 Å². The normalized spacial score (nSPS) is 16.6. The van der Waals surface area contributed by atoms with E-state index in [1.165, 1.54) is 5.56 Å². The molecular formula is C14H19NO2. The molecule has 3 nitrogen and oxygen atoms in total. The van der Waals surface area contributed by atoms with Crippen molar-refractivity contribution < 1.29 is 9.90 Å². The summed E-state index contributed by atoms with van der Waals surface area (Å²) < 4.78 is 0. The van der Waals surface area contributed by atoms with E-state index in [0.29, 0.717) is 0 Å². The average Bonchev–Trinajstić information content (AvgIpc) is 3.18. The predicted molar refractivity (Wildman–Crippen MR) is 68.0 cm³/mol. The summed E-state index contributed by atoms with van der Waals surface area (Å²) in [6.07, 6.45) is 2.61. The minimum absolute atomic E-state index is 0.0317. The number of aryl methyl sites for hydroxylation is 1. The Balaban J connectivity index is 2.13. The van der Waals surface area contributed by atoms with Crippen molar-refractivity contribution in [3.8, 4) is 0 Å². The number of carbonyl (C=O) groups is 1. The summed E-state index contributed by atoms with van der Waals surface area (Å²) in [5.41, 5.74) is 1.67. The third kappa shape index (κ3) is 2.20. The second-order valence-corrected chi connectivity index (χ2v) is 4.82. The topological polar surface area (TPSA) is 40.5 Å². The molecule has 17 heavy (non-hydrogen) atoms. The summed E-state index contributed by atoms with van der Waals surface area (Å²) in [4.78, 5) is 13.8. The Kier molecular flexibility index (Phi) is 3.20. The van der Waals surface area contributed by atoms with Crippen molar-refractivity contribution in [2.75, 3.05) is 18.6 Å². The number of rotatable bonds is 4. The van der Waals surface area contributed by atoms with Gasteiger partial charge >= 0.3 is 0 Å². The second kappa shape index (κ2) is 4.49. The zero-order chi connectivity index (χ0) is 12.5. The van der Waals surface area contributed by atoms with Crippen LogP contribution in [0.15, 0.2) is 24.3 Å². The van der Waals surface area contributed by atoms with Crippen LogP contribution in [-0.4, -0.2) is 24.7 Å². The number of hydrogen-bond donors (Lipinski definition) is 1. The Morgan fingerprint density at radius 1 is 1.35 bits per heavy atom. The van der Waals surface area contributed by atoms with E-state index in [-0.39, 0.29) is 12.5 Å². The molecule has 92 valence electrons. The lowest BCUT2D eigenvalue weighted by molar-refractivity contribution is -0.124. The molecule has 0 radical (unpaired) electrons. The summed E-state index contributed by atoms with van der Waals surface area (Å²) in [7, 11) is 1.78. The number of aliphatic hydroxyl groups is 1. The summed E-state index contributed by atoms with van der Waals surface area (Å²) in [6, 6.07) is 8.00. The SMILES string of the molecule is CCc1ccc(N(C)C(=O)C2(CO)CC2)cc1. The third-order valence-electron chi connectivity index (χ3n) is 3.65. The largest absolute Gasteiger partial charge is 0.395 e. The van der Waals surface area contributed by atoms with Crippen molar-refractivity contribution in [3.63, 3.8) is 0 Å². The molecule has 0 atom stereocenters. The summed E-state index contributed by atoms with van der Waals surface area (Å²) in [6.45, 7) is 2.07. The molecule has 0 spiro atoms. The lowest BCUT2D eigenvalue weighted by Crippen LogP contribution is -2.36. The van der Waals surface area contributed by atoms with Crippen LogP contribution < -0.4 is 4.90 Å². The number of amides is 1. The van der Waals surface area contributed by atoms with Gasteiger partial charge in [0.1, 0.15) is 0 Å². The first kappa shape index (κ1) is 12.1. The number of anilines is 1. The molecule has 0 bridgehead atoms. The fourth-order valence-corrected chi connectivity index (χ4v) is 2.02. The molecule has 0 aliphatic heterocycles. The van der Waals surface area contributed by atoms with Crippen LogP contribution in [0.3, 0.4) is 0 Å². The van der Waals surface area contributed by atoms with E-state index in [2.05, 4.69) is 6.92 Å². The van der Waals surface area contributed by atoms with Crippen LogP contribution in [-0.2, 0) is 11.2 Å². The van der Waals surface area contributed by atoms with Gasteiger partial charge in [-0.1, -0.05) is 19.1 Å². The summed E-state index contributed by atoms with van der Waals surface area (Å²) in [5, 5.41) is 9.26. The fraction of sp³-hybridized carbons (Fsp3) is 0.500. The van der Waals surface area contributed by atoms with Crippen molar-refractivity contribution in [3.05, 3.63) is 29.8 Å². The second-order valence-electron chi connectivity index (χ2n) is 4.82. The van der Waals surface area contributed by atoms with Crippen LogP contribution in [0.1, 0.15) is 25.3 Å². The van der Waals surface area contributed by atoms with Crippen LogP contribution in [0.2, 0.25) is 0 Å². The van der Waals surface area contributed by atoms with Gasteiger partial charge in [0, 0.05) is 12.7 Å². The number of nitrogens with zero attached hydrogens (tertiary/aromatic N) is 1. The van der Waals surface area contributed by atoms with E-state index in [1.54, 1.807) is 11.9 Å². The molecule has 1 aromatic rings. The Bertz CT molecular complexity index is 407. The highest BCUT2D eigenvalue weighted by Crippen LogP contribution is 2.46. The van der Waals surface area contributed by atoms with E-state index >= 15 is 0 Å². The van der Waals surface area contributed by atoms with Gasteiger partial charge in [-0.25, -0.2) is 0 Å². The Labute approximate surface area is 102 Å².